The number of hydrogen-bond donors (Lipinski definition) is 0. The van der Waals surface area contributed by atoms with Gasteiger partial charge in [0.25, 0.3) is 10.1 Å². The summed E-state index contributed by atoms with van der Waals surface area (Å²) in [5, 5.41) is 8.07. The fraction of sp³-hybridized carbons (Fsp3) is 0.450. The molecule has 0 aliphatic rings. The quantitative estimate of drug-likeness (QED) is 0.510. The van der Waals surface area contributed by atoms with Crippen LogP contribution in [0.2, 0.25) is 0 Å². The summed E-state index contributed by atoms with van der Waals surface area (Å²) in [5.74, 6) is 2.19. The summed E-state index contributed by atoms with van der Waals surface area (Å²) in [4.78, 5) is 4.53. The van der Waals surface area contributed by atoms with Gasteiger partial charge in [0.1, 0.15) is 0 Å². The highest BCUT2D eigenvalue weighted by Crippen LogP contribution is 2.24. The van der Waals surface area contributed by atoms with Gasteiger partial charge < -0.3 is 0 Å². The number of terminal acetylenes is 1. The lowest BCUT2D eigenvalue weighted by molar-refractivity contribution is 0.203. The Morgan fingerprint density at radius 3 is 2.56 bits per heavy atom. The smallest absolute Gasteiger partial charge is 0.268 e. The van der Waals surface area contributed by atoms with Crippen molar-refractivity contribution in [3.05, 3.63) is 42.4 Å². The van der Waals surface area contributed by atoms with Crippen LogP contribution in [0.1, 0.15) is 45.4 Å². The van der Waals surface area contributed by atoms with Gasteiger partial charge in [0, 0.05) is 17.9 Å². The van der Waals surface area contributed by atoms with Crippen LogP contribution in [0.3, 0.4) is 0 Å². The Balaban J connectivity index is 2.25. The molecule has 0 saturated carbocycles. The Kier molecular flexibility index (Phi) is 7.05. The normalized spacial score (nSPS) is 13.1. The lowest BCUT2D eigenvalue weighted by Crippen LogP contribution is -2.24. The van der Waals surface area contributed by atoms with E-state index in [2.05, 4.69) is 21.1 Å². The van der Waals surface area contributed by atoms with Gasteiger partial charge in [0.15, 0.2) is 5.82 Å². The van der Waals surface area contributed by atoms with Crippen LogP contribution in [0, 0.1) is 17.8 Å². The number of hydrogen-bond acceptors (Lipinski definition) is 6. The molecule has 0 fully saturated rings. The first-order valence-corrected chi connectivity index (χ1v) is 10.3. The first-order valence-electron chi connectivity index (χ1n) is 8.76. The zero-order valence-corrected chi connectivity index (χ0v) is 16.7. The highest BCUT2D eigenvalue weighted by atomic mass is 32.2. The summed E-state index contributed by atoms with van der Waals surface area (Å²) in [6.07, 6.45) is 7.78. The molecule has 1 aromatic heterocycles. The van der Waals surface area contributed by atoms with Crippen LogP contribution < -0.4 is 0 Å². The third-order valence-corrected chi connectivity index (χ3v) is 5.01. The highest BCUT2D eigenvalue weighted by Gasteiger charge is 2.26. The molecule has 0 amide bonds. The van der Waals surface area contributed by atoms with Crippen molar-refractivity contribution < 1.29 is 12.6 Å². The summed E-state index contributed by atoms with van der Waals surface area (Å²) in [5.41, 5.74) is 1.27. The molecular formula is C20H25N3O3S. The molecule has 2 aromatic rings. The van der Waals surface area contributed by atoms with E-state index in [0.29, 0.717) is 24.4 Å². The largest absolute Gasteiger partial charge is 0.270 e. The van der Waals surface area contributed by atoms with E-state index in [1.165, 1.54) is 0 Å². The Morgan fingerprint density at radius 1 is 1.22 bits per heavy atom. The number of benzene rings is 1. The second kappa shape index (κ2) is 9.07. The van der Waals surface area contributed by atoms with E-state index in [4.69, 9.17) is 10.6 Å². The predicted molar refractivity (Wildman–Crippen MR) is 105 cm³/mol. The van der Waals surface area contributed by atoms with Crippen molar-refractivity contribution >= 4 is 10.1 Å². The van der Waals surface area contributed by atoms with E-state index in [1.807, 2.05) is 51.1 Å². The second-order valence-electron chi connectivity index (χ2n) is 7.55. The Bertz CT molecular complexity index is 885. The fourth-order valence-corrected chi connectivity index (χ4v) is 3.78. The summed E-state index contributed by atoms with van der Waals surface area (Å²) in [7, 11) is -3.75. The van der Waals surface area contributed by atoms with Gasteiger partial charge in [-0.25, -0.2) is 4.98 Å². The van der Waals surface area contributed by atoms with Gasteiger partial charge in [-0.05, 0) is 11.8 Å². The van der Waals surface area contributed by atoms with Crippen LogP contribution in [0.4, 0.5) is 0 Å². The third-order valence-electron chi connectivity index (χ3n) is 3.72. The van der Waals surface area contributed by atoms with Gasteiger partial charge in [0.2, 0.25) is 0 Å². The van der Waals surface area contributed by atoms with Gasteiger partial charge >= 0.3 is 0 Å². The van der Waals surface area contributed by atoms with Crippen LogP contribution >= 0.6 is 0 Å². The molecule has 0 bridgehead atoms. The topological polar surface area (TPSA) is 82.0 Å². The molecule has 27 heavy (non-hydrogen) atoms. The molecule has 0 N–H and O–H groups in total. The lowest BCUT2D eigenvalue weighted by Gasteiger charge is -2.19. The summed E-state index contributed by atoms with van der Waals surface area (Å²) < 4.78 is 30.0. The van der Waals surface area contributed by atoms with E-state index in [9.17, 15) is 8.42 Å². The summed E-state index contributed by atoms with van der Waals surface area (Å²) >= 11 is 0. The fourth-order valence-electron chi connectivity index (χ4n) is 2.34. The lowest BCUT2D eigenvalue weighted by atomic mass is 9.99. The van der Waals surface area contributed by atoms with Crippen LogP contribution in [-0.4, -0.2) is 36.0 Å². The van der Waals surface area contributed by atoms with Gasteiger partial charge in [0.05, 0.1) is 24.3 Å². The molecule has 0 spiro atoms. The van der Waals surface area contributed by atoms with E-state index < -0.39 is 16.0 Å². The first kappa shape index (κ1) is 21.0. The van der Waals surface area contributed by atoms with Gasteiger partial charge in [-0.3, -0.25) is 4.18 Å². The van der Waals surface area contributed by atoms with Crippen LogP contribution in [0.25, 0.3) is 11.3 Å². The van der Waals surface area contributed by atoms with Crippen LogP contribution in [0.5, 0.6) is 0 Å². The zero-order chi connectivity index (χ0) is 19.9. The van der Waals surface area contributed by atoms with Crippen molar-refractivity contribution in [2.24, 2.45) is 5.41 Å². The molecule has 6 nitrogen and oxygen atoms in total. The predicted octanol–water partition coefficient (Wildman–Crippen LogP) is 3.43. The molecule has 7 heteroatoms. The molecule has 1 heterocycles. The molecule has 144 valence electrons. The maximum atomic E-state index is 12.4. The van der Waals surface area contributed by atoms with Crippen molar-refractivity contribution in [3.8, 4) is 23.6 Å². The molecule has 1 atom stereocenters. The van der Waals surface area contributed by atoms with E-state index in [1.54, 1.807) is 6.20 Å². The van der Waals surface area contributed by atoms with E-state index in [-0.39, 0.29) is 17.8 Å². The Labute approximate surface area is 161 Å². The SMILES string of the molecule is C#CCCC(CS(=O)(=O)OCC(C)(C)C)c1nncc(-c2ccccc2)n1. The van der Waals surface area contributed by atoms with E-state index in [0.717, 1.165) is 5.56 Å². The minimum atomic E-state index is -3.75. The molecule has 0 aliphatic carbocycles. The van der Waals surface area contributed by atoms with Crippen molar-refractivity contribution in [2.75, 3.05) is 12.4 Å². The average molecular weight is 388 g/mol. The maximum absolute atomic E-state index is 12.4. The third kappa shape index (κ3) is 7.08. The standard InChI is InChI=1S/C20H25N3O3S/c1-5-6-10-17(14-27(24,25)26-15-20(2,3)4)19-22-18(13-21-23-19)16-11-8-7-9-12-16/h1,7-9,11-13,17H,6,10,14-15H2,2-4H3. The highest BCUT2D eigenvalue weighted by molar-refractivity contribution is 7.86. The minimum Gasteiger partial charge on any atom is -0.270 e. The molecule has 0 radical (unpaired) electrons. The van der Waals surface area contributed by atoms with Gasteiger partial charge in [-0.1, -0.05) is 51.1 Å². The van der Waals surface area contributed by atoms with Crippen molar-refractivity contribution in [3.63, 3.8) is 0 Å². The zero-order valence-electron chi connectivity index (χ0n) is 15.9. The van der Waals surface area contributed by atoms with Crippen molar-refractivity contribution in [1.29, 1.82) is 0 Å². The molecule has 1 unspecified atom stereocenters. The Morgan fingerprint density at radius 2 is 1.93 bits per heavy atom. The van der Waals surface area contributed by atoms with Crippen LogP contribution in [-0.2, 0) is 14.3 Å². The molecule has 0 saturated heterocycles. The van der Waals surface area contributed by atoms with Crippen molar-refractivity contribution in [1.82, 2.24) is 15.2 Å². The number of rotatable bonds is 8. The first-order chi connectivity index (χ1) is 12.7. The second-order valence-corrected chi connectivity index (χ2v) is 9.24. The van der Waals surface area contributed by atoms with Gasteiger partial charge in [-0.2, -0.15) is 13.5 Å². The molecule has 0 aliphatic heterocycles. The summed E-state index contributed by atoms with van der Waals surface area (Å²) in [6, 6.07) is 9.53. The maximum Gasteiger partial charge on any atom is 0.268 e. The minimum absolute atomic E-state index is 0.111. The molecular weight excluding hydrogens is 362 g/mol. The molecule has 1 aromatic carbocycles. The molecule has 2 rings (SSSR count). The average Bonchev–Trinajstić information content (AvgIpc) is 2.64. The number of aromatic nitrogens is 3. The monoisotopic (exact) mass is 387 g/mol. The van der Waals surface area contributed by atoms with Crippen molar-refractivity contribution in [2.45, 2.75) is 39.5 Å². The Hall–Kier alpha value is -2.30. The van der Waals surface area contributed by atoms with E-state index >= 15 is 0 Å². The van der Waals surface area contributed by atoms with Gasteiger partial charge in [-0.15, -0.1) is 17.4 Å². The summed E-state index contributed by atoms with van der Waals surface area (Å²) in [6.45, 7) is 5.85. The number of nitrogens with zero attached hydrogens (tertiary/aromatic N) is 3. The van der Waals surface area contributed by atoms with Crippen LogP contribution in [0.15, 0.2) is 36.5 Å².